The third-order valence-electron chi connectivity index (χ3n) is 2.69. The fourth-order valence-corrected chi connectivity index (χ4v) is 2.54. The molecule has 0 atom stereocenters. The molecule has 0 spiro atoms. The molecular formula is C10H17N5O3S. The molecule has 0 aromatic carbocycles. The minimum Gasteiger partial charge on any atom is -0.348 e. The molecule has 9 heteroatoms. The topological polar surface area (TPSA) is 117 Å². The minimum absolute atomic E-state index is 0.0292. The summed E-state index contributed by atoms with van der Waals surface area (Å²) in [7, 11) is -3.32. The van der Waals surface area contributed by atoms with Gasteiger partial charge in [-0.25, -0.2) is 18.1 Å². The van der Waals surface area contributed by atoms with Crippen molar-refractivity contribution in [1.82, 2.24) is 25.2 Å². The highest BCUT2D eigenvalue weighted by molar-refractivity contribution is 7.89. The molecule has 0 aliphatic heterocycles. The van der Waals surface area contributed by atoms with Crippen molar-refractivity contribution in [3.05, 3.63) is 11.6 Å². The van der Waals surface area contributed by atoms with E-state index < -0.39 is 15.9 Å². The first kappa shape index (κ1) is 13.9. The van der Waals surface area contributed by atoms with Gasteiger partial charge < -0.3 is 5.32 Å². The summed E-state index contributed by atoms with van der Waals surface area (Å²) in [5, 5.41) is 9.02. The second kappa shape index (κ2) is 5.66. The van der Waals surface area contributed by atoms with Gasteiger partial charge in [-0.15, -0.1) is 5.10 Å². The Morgan fingerprint density at radius 2 is 2.21 bits per heavy atom. The molecule has 1 aromatic heterocycles. The summed E-state index contributed by atoms with van der Waals surface area (Å²) in [6.45, 7) is 2.06. The second-order valence-electron chi connectivity index (χ2n) is 4.39. The predicted octanol–water partition coefficient (Wildman–Crippen LogP) is -0.649. The number of carbonyl (C=O) groups excluding carboxylic acids is 1. The Labute approximate surface area is 111 Å². The van der Waals surface area contributed by atoms with Crippen LogP contribution in [0.4, 0.5) is 0 Å². The molecule has 3 N–H and O–H groups in total. The maximum absolute atomic E-state index is 11.7. The van der Waals surface area contributed by atoms with Gasteiger partial charge in [-0.05, 0) is 12.8 Å². The summed E-state index contributed by atoms with van der Waals surface area (Å²) in [5.74, 6) is 0.554. The van der Waals surface area contributed by atoms with Crippen LogP contribution in [0.3, 0.4) is 0 Å². The lowest BCUT2D eigenvalue weighted by atomic mass is 10.4. The number of hydrogen-bond acceptors (Lipinski definition) is 5. The van der Waals surface area contributed by atoms with Crippen LogP contribution in [0.25, 0.3) is 0 Å². The Morgan fingerprint density at radius 3 is 2.84 bits per heavy atom. The standard InChI is InChI=1S/C10H17N5O3S/c1-2-12-19(17,18)6-5-11-10(16)9-13-8(14-15-9)7-3-4-7/h7,12H,2-6H2,1H3,(H,11,16)(H,13,14,15). The first-order valence-electron chi connectivity index (χ1n) is 6.19. The van der Waals surface area contributed by atoms with Crippen LogP contribution in [0.15, 0.2) is 0 Å². The lowest BCUT2D eigenvalue weighted by molar-refractivity contribution is 0.0946. The average Bonchev–Trinajstić information content (AvgIpc) is 3.06. The molecule has 1 amide bonds. The van der Waals surface area contributed by atoms with E-state index in [0.29, 0.717) is 12.5 Å². The summed E-state index contributed by atoms with van der Waals surface area (Å²) >= 11 is 0. The van der Waals surface area contributed by atoms with Gasteiger partial charge in [0.05, 0.1) is 5.75 Å². The highest BCUT2D eigenvalue weighted by Gasteiger charge is 2.28. The first-order chi connectivity index (χ1) is 9.02. The number of nitrogens with one attached hydrogen (secondary N) is 3. The van der Waals surface area contributed by atoms with Crippen LogP contribution >= 0.6 is 0 Å². The smallest absolute Gasteiger partial charge is 0.290 e. The minimum atomic E-state index is -3.32. The van der Waals surface area contributed by atoms with Crippen molar-refractivity contribution in [2.24, 2.45) is 0 Å². The van der Waals surface area contributed by atoms with Gasteiger partial charge in [0.25, 0.3) is 5.91 Å². The summed E-state index contributed by atoms with van der Waals surface area (Å²) in [4.78, 5) is 15.8. The van der Waals surface area contributed by atoms with E-state index in [-0.39, 0.29) is 18.1 Å². The maximum Gasteiger partial charge on any atom is 0.290 e. The molecule has 1 aromatic rings. The molecule has 1 aliphatic carbocycles. The summed E-state index contributed by atoms with van der Waals surface area (Å²) in [6, 6.07) is 0. The normalized spacial score (nSPS) is 15.4. The van der Waals surface area contributed by atoms with E-state index >= 15 is 0 Å². The van der Waals surface area contributed by atoms with Crippen molar-refractivity contribution in [2.75, 3.05) is 18.8 Å². The maximum atomic E-state index is 11.7. The number of nitrogens with zero attached hydrogens (tertiary/aromatic N) is 2. The fraction of sp³-hybridized carbons (Fsp3) is 0.700. The van der Waals surface area contributed by atoms with Gasteiger partial charge in [-0.2, -0.15) is 0 Å². The Morgan fingerprint density at radius 1 is 1.47 bits per heavy atom. The number of hydrogen-bond donors (Lipinski definition) is 3. The van der Waals surface area contributed by atoms with E-state index in [9.17, 15) is 13.2 Å². The Bertz CT molecular complexity index is 549. The van der Waals surface area contributed by atoms with Gasteiger partial charge in [-0.3, -0.25) is 9.89 Å². The van der Waals surface area contributed by atoms with Crippen molar-refractivity contribution in [3.63, 3.8) is 0 Å². The third-order valence-corrected chi connectivity index (χ3v) is 4.16. The largest absolute Gasteiger partial charge is 0.348 e. The quantitative estimate of drug-likeness (QED) is 0.616. The Kier molecular flexibility index (Phi) is 4.15. The van der Waals surface area contributed by atoms with Gasteiger partial charge in [0.1, 0.15) is 5.82 Å². The molecule has 0 saturated heterocycles. The summed E-state index contributed by atoms with van der Waals surface area (Å²) in [6.07, 6.45) is 2.13. The highest BCUT2D eigenvalue weighted by atomic mass is 32.2. The Balaban J connectivity index is 1.80. The van der Waals surface area contributed by atoms with Crippen LogP contribution in [0.5, 0.6) is 0 Å². The number of amides is 1. The molecule has 0 unspecified atom stereocenters. The van der Waals surface area contributed by atoms with E-state index in [0.717, 1.165) is 18.7 Å². The van der Waals surface area contributed by atoms with Crippen molar-refractivity contribution in [2.45, 2.75) is 25.7 Å². The molecule has 8 nitrogen and oxygen atoms in total. The molecule has 0 radical (unpaired) electrons. The van der Waals surface area contributed by atoms with E-state index in [1.165, 1.54) is 0 Å². The zero-order valence-corrected chi connectivity index (χ0v) is 11.5. The predicted molar refractivity (Wildman–Crippen MR) is 68.2 cm³/mol. The van der Waals surface area contributed by atoms with Crippen molar-refractivity contribution in [3.8, 4) is 0 Å². The van der Waals surface area contributed by atoms with E-state index in [1.807, 2.05) is 0 Å². The number of sulfonamides is 1. The molecule has 1 saturated carbocycles. The van der Waals surface area contributed by atoms with Gasteiger partial charge in [-0.1, -0.05) is 6.92 Å². The number of aromatic amines is 1. The van der Waals surface area contributed by atoms with Crippen LogP contribution in [-0.4, -0.2) is 48.3 Å². The van der Waals surface area contributed by atoms with Crippen LogP contribution in [0, 0.1) is 0 Å². The molecule has 19 heavy (non-hydrogen) atoms. The van der Waals surface area contributed by atoms with Crippen molar-refractivity contribution in [1.29, 1.82) is 0 Å². The SMILES string of the molecule is CCNS(=O)(=O)CCNC(=O)c1n[nH]c(C2CC2)n1. The molecular weight excluding hydrogens is 270 g/mol. The van der Waals surface area contributed by atoms with Crippen LogP contribution < -0.4 is 10.0 Å². The molecule has 106 valence electrons. The number of carbonyl (C=O) groups is 1. The van der Waals surface area contributed by atoms with Crippen LogP contribution in [0.1, 0.15) is 42.1 Å². The second-order valence-corrected chi connectivity index (χ2v) is 6.32. The van der Waals surface area contributed by atoms with Gasteiger partial charge in [0.15, 0.2) is 0 Å². The molecule has 1 fully saturated rings. The lowest BCUT2D eigenvalue weighted by Gasteiger charge is -2.04. The van der Waals surface area contributed by atoms with E-state index in [4.69, 9.17) is 0 Å². The van der Waals surface area contributed by atoms with Crippen LogP contribution in [-0.2, 0) is 10.0 Å². The van der Waals surface area contributed by atoms with Crippen molar-refractivity contribution < 1.29 is 13.2 Å². The van der Waals surface area contributed by atoms with Gasteiger partial charge in [0, 0.05) is 19.0 Å². The summed E-state index contributed by atoms with van der Waals surface area (Å²) < 4.78 is 25.0. The summed E-state index contributed by atoms with van der Waals surface area (Å²) in [5.41, 5.74) is 0. The zero-order chi connectivity index (χ0) is 13.9. The van der Waals surface area contributed by atoms with E-state index in [2.05, 4.69) is 25.2 Å². The molecule has 2 rings (SSSR count). The average molecular weight is 287 g/mol. The zero-order valence-electron chi connectivity index (χ0n) is 10.6. The fourth-order valence-electron chi connectivity index (χ4n) is 1.59. The van der Waals surface area contributed by atoms with E-state index in [1.54, 1.807) is 6.92 Å². The van der Waals surface area contributed by atoms with Crippen LogP contribution in [0.2, 0.25) is 0 Å². The highest BCUT2D eigenvalue weighted by Crippen LogP contribution is 2.37. The number of H-pyrrole nitrogens is 1. The first-order valence-corrected chi connectivity index (χ1v) is 7.85. The lowest BCUT2D eigenvalue weighted by Crippen LogP contribution is -2.34. The van der Waals surface area contributed by atoms with Gasteiger partial charge >= 0.3 is 0 Å². The van der Waals surface area contributed by atoms with Gasteiger partial charge in [0.2, 0.25) is 15.8 Å². The van der Waals surface area contributed by atoms with Crippen molar-refractivity contribution >= 4 is 15.9 Å². The molecule has 1 heterocycles. The molecule has 1 aliphatic rings. The molecule has 0 bridgehead atoms. The number of aromatic nitrogens is 3. The monoisotopic (exact) mass is 287 g/mol. The number of rotatable bonds is 7. The third kappa shape index (κ3) is 4.00. The Hall–Kier alpha value is -1.48.